The Hall–Kier alpha value is -3.24. The monoisotopic (exact) mass is 503 g/mol. The van der Waals surface area contributed by atoms with E-state index in [4.69, 9.17) is 14.9 Å². The Morgan fingerprint density at radius 2 is 2.03 bits per heavy atom. The number of ether oxygens (including phenoxy) is 2. The number of hydrogen-bond donors (Lipinski definition) is 3. The molecule has 1 aliphatic heterocycles. The highest BCUT2D eigenvalue weighted by Crippen LogP contribution is 2.20. The molecule has 11 heteroatoms. The van der Waals surface area contributed by atoms with Crippen molar-refractivity contribution in [1.29, 1.82) is 5.41 Å². The number of anilines is 1. The van der Waals surface area contributed by atoms with Crippen molar-refractivity contribution in [3.05, 3.63) is 12.4 Å². The summed E-state index contributed by atoms with van der Waals surface area (Å²) < 4.78 is 11.3. The number of nitrogens with zero attached hydrogens (tertiary/aromatic N) is 4. The van der Waals surface area contributed by atoms with Crippen LogP contribution in [0.1, 0.15) is 60.3 Å². The second kappa shape index (κ2) is 14.4. The van der Waals surface area contributed by atoms with Gasteiger partial charge in [-0.25, -0.2) is 19.8 Å². The van der Waals surface area contributed by atoms with Gasteiger partial charge in [-0.1, -0.05) is 13.8 Å². The van der Waals surface area contributed by atoms with Crippen molar-refractivity contribution >= 4 is 30.5 Å². The molecular formula is C25H41N7O4. The molecule has 2 heterocycles. The standard InChI is InChI=1S/C25H41N7O4/c1-18(2)22(26)28-10-6-7-19(8-11-27-17-33)16-35-21-13-29-23(30-14-21)32-12-9-20(15-32)31-24(34)36-25(3,4)5/h10,13-14,17-20,26H,6-9,11-12,15-16H2,1-5H3,(H,27,33)(H,31,34). The minimum absolute atomic E-state index is 0.0204. The van der Waals surface area contributed by atoms with Crippen LogP contribution in [0, 0.1) is 17.2 Å². The molecule has 0 saturated carbocycles. The maximum atomic E-state index is 12.0. The Kier molecular flexibility index (Phi) is 11.6. The van der Waals surface area contributed by atoms with E-state index in [0.717, 1.165) is 32.2 Å². The van der Waals surface area contributed by atoms with E-state index in [1.54, 1.807) is 18.6 Å². The molecule has 200 valence electrons. The van der Waals surface area contributed by atoms with Gasteiger partial charge in [-0.05, 0) is 52.4 Å². The summed E-state index contributed by atoms with van der Waals surface area (Å²) in [6, 6.07) is -0.0204. The van der Waals surface area contributed by atoms with Crippen LogP contribution in [0.4, 0.5) is 10.7 Å². The molecule has 1 aromatic heterocycles. The normalized spacial score (nSPS) is 16.7. The van der Waals surface area contributed by atoms with Gasteiger partial charge in [-0.15, -0.1) is 0 Å². The predicted molar refractivity (Wildman–Crippen MR) is 140 cm³/mol. The van der Waals surface area contributed by atoms with Crippen LogP contribution in [0.2, 0.25) is 0 Å². The largest absolute Gasteiger partial charge is 0.490 e. The molecule has 0 radical (unpaired) electrons. The van der Waals surface area contributed by atoms with Crippen molar-refractivity contribution in [2.75, 3.05) is 31.1 Å². The summed E-state index contributed by atoms with van der Waals surface area (Å²) in [7, 11) is 0. The molecule has 0 bridgehead atoms. The van der Waals surface area contributed by atoms with Gasteiger partial charge in [0.1, 0.15) is 11.4 Å². The Morgan fingerprint density at radius 3 is 2.67 bits per heavy atom. The van der Waals surface area contributed by atoms with Crippen molar-refractivity contribution in [3.8, 4) is 5.75 Å². The SMILES string of the molecule is CC(C)C(=N)N=CCCC(CCNC=O)COc1cnc(N2CCC(NC(=O)OC(C)(C)C)C2)nc1. The van der Waals surface area contributed by atoms with E-state index in [9.17, 15) is 9.59 Å². The van der Waals surface area contributed by atoms with Gasteiger partial charge in [0, 0.05) is 31.8 Å². The molecule has 2 atom stereocenters. The molecule has 1 aliphatic rings. The zero-order valence-corrected chi connectivity index (χ0v) is 22.1. The molecule has 2 rings (SSSR count). The molecule has 1 fully saturated rings. The third-order valence-electron chi connectivity index (χ3n) is 5.55. The summed E-state index contributed by atoms with van der Waals surface area (Å²) in [5.74, 6) is 1.84. The molecule has 11 nitrogen and oxygen atoms in total. The Balaban J connectivity index is 1.83. The maximum absolute atomic E-state index is 12.0. The fourth-order valence-corrected chi connectivity index (χ4v) is 3.57. The summed E-state index contributed by atoms with van der Waals surface area (Å²) in [6.45, 7) is 11.8. The van der Waals surface area contributed by atoms with Crippen molar-refractivity contribution in [2.45, 2.75) is 71.9 Å². The lowest BCUT2D eigenvalue weighted by molar-refractivity contribution is -0.109. The molecule has 2 unspecified atom stereocenters. The molecule has 36 heavy (non-hydrogen) atoms. The summed E-state index contributed by atoms with van der Waals surface area (Å²) >= 11 is 0. The van der Waals surface area contributed by atoms with Gasteiger partial charge in [0.2, 0.25) is 12.4 Å². The van der Waals surface area contributed by atoms with Crippen molar-refractivity contribution in [1.82, 2.24) is 20.6 Å². The lowest BCUT2D eigenvalue weighted by Crippen LogP contribution is -2.40. The van der Waals surface area contributed by atoms with Crippen LogP contribution < -0.4 is 20.3 Å². The summed E-state index contributed by atoms with van der Waals surface area (Å²) in [5.41, 5.74) is -0.531. The van der Waals surface area contributed by atoms with Crippen molar-refractivity contribution in [3.63, 3.8) is 0 Å². The van der Waals surface area contributed by atoms with E-state index < -0.39 is 11.7 Å². The topological polar surface area (TPSA) is 142 Å². The van der Waals surface area contributed by atoms with Gasteiger partial charge in [0.15, 0.2) is 5.75 Å². The van der Waals surface area contributed by atoms with E-state index in [2.05, 4.69) is 25.6 Å². The molecule has 1 saturated heterocycles. The molecule has 3 N–H and O–H groups in total. The highest BCUT2D eigenvalue weighted by Gasteiger charge is 2.27. The Morgan fingerprint density at radius 1 is 1.31 bits per heavy atom. The van der Waals surface area contributed by atoms with Crippen LogP contribution >= 0.6 is 0 Å². The van der Waals surface area contributed by atoms with Crippen LogP contribution in [0.3, 0.4) is 0 Å². The number of amides is 2. The van der Waals surface area contributed by atoms with Crippen LogP contribution in [0.25, 0.3) is 0 Å². The van der Waals surface area contributed by atoms with Gasteiger partial charge < -0.3 is 25.0 Å². The second-order valence-electron chi connectivity index (χ2n) is 10.3. The number of nitrogens with one attached hydrogen (secondary N) is 3. The first-order chi connectivity index (χ1) is 17.1. The van der Waals surface area contributed by atoms with E-state index in [-0.39, 0.29) is 17.9 Å². The number of carbonyl (C=O) groups is 2. The minimum atomic E-state index is -0.531. The average molecular weight is 504 g/mol. The third-order valence-corrected chi connectivity index (χ3v) is 5.55. The predicted octanol–water partition coefficient (Wildman–Crippen LogP) is 3.20. The first-order valence-corrected chi connectivity index (χ1v) is 12.5. The number of hydrogen-bond acceptors (Lipinski definition) is 8. The fraction of sp³-hybridized carbons (Fsp3) is 0.680. The highest BCUT2D eigenvalue weighted by molar-refractivity contribution is 5.88. The maximum Gasteiger partial charge on any atom is 0.407 e. The van der Waals surface area contributed by atoms with Gasteiger partial charge in [-0.3, -0.25) is 10.2 Å². The number of aromatic nitrogens is 2. The molecule has 0 spiro atoms. The van der Waals surface area contributed by atoms with Gasteiger partial charge in [-0.2, -0.15) is 0 Å². The average Bonchev–Trinajstić information content (AvgIpc) is 3.26. The molecule has 0 aromatic carbocycles. The summed E-state index contributed by atoms with van der Waals surface area (Å²) in [5, 5.41) is 13.4. The summed E-state index contributed by atoms with van der Waals surface area (Å²) in [6.07, 6.45) is 8.49. The fourth-order valence-electron chi connectivity index (χ4n) is 3.57. The zero-order chi connectivity index (χ0) is 26.6. The van der Waals surface area contributed by atoms with E-state index in [1.807, 2.05) is 39.5 Å². The number of alkyl carbamates (subject to hydrolysis) is 1. The van der Waals surface area contributed by atoms with Crippen molar-refractivity contribution in [2.24, 2.45) is 16.8 Å². The lowest BCUT2D eigenvalue weighted by Gasteiger charge is -2.22. The van der Waals surface area contributed by atoms with Crippen LogP contribution in [-0.4, -0.2) is 72.4 Å². The van der Waals surface area contributed by atoms with Gasteiger partial charge >= 0.3 is 6.09 Å². The molecule has 1 aromatic rings. The van der Waals surface area contributed by atoms with Crippen LogP contribution in [0.5, 0.6) is 5.75 Å². The number of carbonyl (C=O) groups excluding carboxylic acids is 2. The first-order valence-electron chi connectivity index (χ1n) is 12.5. The van der Waals surface area contributed by atoms with Crippen molar-refractivity contribution < 1.29 is 19.1 Å². The van der Waals surface area contributed by atoms with E-state index in [1.165, 1.54) is 0 Å². The lowest BCUT2D eigenvalue weighted by atomic mass is 10.0. The number of aliphatic imine (C=N–C) groups is 1. The third kappa shape index (κ3) is 11.0. The molecule has 0 aliphatic carbocycles. The van der Waals surface area contributed by atoms with Crippen LogP contribution in [-0.2, 0) is 9.53 Å². The molecular weight excluding hydrogens is 462 g/mol. The first kappa shape index (κ1) is 29.0. The highest BCUT2D eigenvalue weighted by atomic mass is 16.6. The van der Waals surface area contributed by atoms with E-state index >= 15 is 0 Å². The Bertz CT molecular complexity index is 868. The smallest absolute Gasteiger partial charge is 0.407 e. The van der Waals surface area contributed by atoms with E-state index in [0.29, 0.717) is 43.6 Å². The molecule has 2 amide bonds. The van der Waals surface area contributed by atoms with Crippen LogP contribution in [0.15, 0.2) is 17.4 Å². The van der Waals surface area contributed by atoms with Gasteiger partial charge in [0.25, 0.3) is 0 Å². The van der Waals surface area contributed by atoms with Gasteiger partial charge in [0.05, 0.1) is 25.0 Å². The minimum Gasteiger partial charge on any atom is -0.490 e. The zero-order valence-electron chi connectivity index (χ0n) is 22.1. The quantitative estimate of drug-likeness (QED) is 0.162. The number of amidine groups is 1. The number of rotatable bonds is 13. The second-order valence-corrected chi connectivity index (χ2v) is 10.3. The summed E-state index contributed by atoms with van der Waals surface area (Å²) in [4.78, 5) is 37.7. The Labute approximate surface area is 214 Å².